The monoisotopic (exact) mass is 306 g/mol. The maximum atomic E-state index is 12.1. The molecule has 2 aliphatic rings. The molecular weight excluding hydrogens is 284 g/mol. The predicted octanol–water partition coefficient (Wildman–Crippen LogP) is 1.05. The van der Waals surface area contributed by atoms with Gasteiger partial charge in [0, 0.05) is 18.9 Å². The van der Waals surface area contributed by atoms with Gasteiger partial charge in [0.1, 0.15) is 11.3 Å². The predicted molar refractivity (Wildman–Crippen MR) is 79.0 cm³/mol. The van der Waals surface area contributed by atoms with E-state index in [2.05, 4.69) is 20.5 Å². The van der Waals surface area contributed by atoms with Gasteiger partial charge in [0.15, 0.2) is 0 Å². The van der Waals surface area contributed by atoms with Crippen molar-refractivity contribution in [1.82, 2.24) is 20.5 Å². The number of oxazole rings is 1. The average Bonchev–Trinajstić information content (AvgIpc) is 3.04. The lowest BCUT2D eigenvalue weighted by Gasteiger charge is -2.39. The van der Waals surface area contributed by atoms with Crippen molar-refractivity contribution in [2.75, 3.05) is 13.1 Å². The van der Waals surface area contributed by atoms with Crippen molar-refractivity contribution in [3.8, 4) is 0 Å². The van der Waals surface area contributed by atoms with Gasteiger partial charge in [-0.1, -0.05) is 6.92 Å². The van der Waals surface area contributed by atoms with Crippen molar-refractivity contribution in [3.05, 3.63) is 17.8 Å². The number of carbonyl (C=O) groups is 2. The molecule has 7 nitrogen and oxygen atoms in total. The maximum absolute atomic E-state index is 12.1. The van der Waals surface area contributed by atoms with Gasteiger partial charge in [-0.3, -0.25) is 15.0 Å². The number of hydrogen-bond acceptors (Lipinski definition) is 5. The molecule has 120 valence electrons. The molecule has 0 bridgehead atoms. The minimum atomic E-state index is -0.819. The average molecular weight is 306 g/mol. The summed E-state index contributed by atoms with van der Waals surface area (Å²) in [6.07, 6.45) is 4.51. The highest BCUT2D eigenvalue weighted by atomic mass is 16.4. The molecule has 2 aliphatic heterocycles. The highest BCUT2D eigenvalue weighted by molar-refractivity contribution is 6.06. The number of carbonyl (C=O) groups excluding carboxylic acids is 2. The van der Waals surface area contributed by atoms with E-state index in [9.17, 15) is 9.59 Å². The number of likely N-dealkylation sites (tertiary alicyclic amines) is 1. The summed E-state index contributed by atoms with van der Waals surface area (Å²) in [6.45, 7) is 6.17. The molecule has 2 N–H and O–H groups in total. The Hall–Kier alpha value is -1.89. The summed E-state index contributed by atoms with van der Waals surface area (Å²) in [7, 11) is 0. The van der Waals surface area contributed by atoms with E-state index < -0.39 is 11.6 Å². The van der Waals surface area contributed by atoms with Crippen LogP contribution in [0.1, 0.15) is 38.3 Å². The summed E-state index contributed by atoms with van der Waals surface area (Å²) >= 11 is 0. The van der Waals surface area contributed by atoms with Crippen molar-refractivity contribution < 1.29 is 14.0 Å². The number of amides is 3. The van der Waals surface area contributed by atoms with Gasteiger partial charge < -0.3 is 9.73 Å². The molecule has 3 amide bonds. The van der Waals surface area contributed by atoms with Gasteiger partial charge in [0.25, 0.3) is 5.91 Å². The van der Waals surface area contributed by atoms with Crippen molar-refractivity contribution in [2.45, 2.75) is 45.2 Å². The molecule has 0 unspecified atom stereocenters. The van der Waals surface area contributed by atoms with Crippen molar-refractivity contribution in [2.24, 2.45) is 5.92 Å². The summed E-state index contributed by atoms with van der Waals surface area (Å²) in [4.78, 5) is 30.0. The summed E-state index contributed by atoms with van der Waals surface area (Å²) in [6, 6.07) is -0.398. The highest BCUT2D eigenvalue weighted by Crippen LogP contribution is 2.30. The third-order valence-electron chi connectivity index (χ3n) is 4.70. The molecule has 0 radical (unpaired) electrons. The molecule has 7 heteroatoms. The number of aromatic nitrogens is 1. The topological polar surface area (TPSA) is 87.5 Å². The van der Waals surface area contributed by atoms with Crippen molar-refractivity contribution in [3.63, 3.8) is 0 Å². The molecule has 2 saturated heterocycles. The number of nitrogens with zero attached hydrogens (tertiary/aromatic N) is 2. The zero-order chi connectivity index (χ0) is 15.7. The molecule has 3 rings (SSSR count). The maximum Gasteiger partial charge on any atom is 0.322 e. The SMILES string of the molecule is CCc1cnc(CN2CCC[C@@H]([C@@]3(C)NC(=O)NC3=O)C2)o1. The lowest BCUT2D eigenvalue weighted by Crippen LogP contribution is -2.55. The van der Waals surface area contributed by atoms with Crippen LogP contribution in [-0.2, 0) is 17.8 Å². The Morgan fingerprint density at radius 2 is 2.32 bits per heavy atom. The minimum Gasteiger partial charge on any atom is -0.444 e. The summed E-state index contributed by atoms with van der Waals surface area (Å²) in [5, 5.41) is 5.12. The van der Waals surface area contributed by atoms with Crippen molar-refractivity contribution in [1.29, 1.82) is 0 Å². The number of hydrogen-bond donors (Lipinski definition) is 2. The lowest BCUT2D eigenvalue weighted by atomic mass is 9.80. The number of rotatable bonds is 4. The van der Waals surface area contributed by atoms with Crippen LogP contribution in [0.4, 0.5) is 4.79 Å². The molecule has 2 fully saturated rings. The van der Waals surface area contributed by atoms with E-state index in [1.165, 1.54) is 0 Å². The van der Waals surface area contributed by atoms with Gasteiger partial charge >= 0.3 is 6.03 Å². The van der Waals surface area contributed by atoms with Crippen LogP contribution in [0.15, 0.2) is 10.6 Å². The molecule has 1 aromatic heterocycles. The number of piperidine rings is 1. The summed E-state index contributed by atoms with van der Waals surface area (Å²) in [5.41, 5.74) is -0.819. The van der Waals surface area contributed by atoms with Crippen LogP contribution < -0.4 is 10.6 Å². The largest absolute Gasteiger partial charge is 0.444 e. The van der Waals surface area contributed by atoms with Crippen LogP contribution >= 0.6 is 0 Å². The molecule has 2 atom stereocenters. The molecular formula is C15H22N4O3. The Bertz CT molecular complexity index is 585. The van der Waals surface area contributed by atoms with E-state index in [-0.39, 0.29) is 11.8 Å². The van der Waals surface area contributed by atoms with Crippen LogP contribution in [0, 0.1) is 5.92 Å². The quantitative estimate of drug-likeness (QED) is 0.812. The number of imide groups is 1. The zero-order valence-corrected chi connectivity index (χ0v) is 13.0. The van der Waals surface area contributed by atoms with Gasteiger partial charge in [-0.15, -0.1) is 0 Å². The molecule has 0 aromatic carbocycles. The Kier molecular flexibility index (Phi) is 3.90. The van der Waals surface area contributed by atoms with E-state index in [0.29, 0.717) is 12.4 Å². The van der Waals surface area contributed by atoms with Crippen LogP contribution in [0.3, 0.4) is 0 Å². The van der Waals surface area contributed by atoms with Crippen LogP contribution in [0.25, 0.3) is 0 Å². The van der Waals surface area contributed by atoms with Gasteiger partial charge in [-0.25, -0.2) is 9.78 Å². The van der Waals surface area contributed by atoms with Crippen molar-refractivity contribution >= 4 is 11.9 Å². The van der Waals surface area contributed by atoms with Crippen LogP contribution in [0.5, 0.6) is 0 Å². The fraction of sp³-hybridized carbons (Fsp3) is 0.667. The standard InChI is InChI=1S/C15H22N4O3/c1-3-11-7-16-12(22-11)9-19-6-4-5-10(8-19)15(2)13(20)17-14(21)18-15/h7,10H,3-6,8-9H2,1-2H3,(H2,17,18,20,21)/t10-,15-/m1/s1. The Balaban J connectivity index is 1.66. The summed E-state index contributed by atoms with van der Waals surface area (Å²) in [5.74, 6) is 1.46. The molecule has 0 aliphatic carbocycles. The first-order chi connectivity index (χ1) is 10.5. The van der Waals surface area contributed by atoms with Crippen LogP contribution in [0.2, 0.25) is 0 Å². The summed E-state index contributed by atoms with van der Waals surface area (Å²) < 4.78 is 5.66. The normalized spacial score (nSPS) is 29.5. The van der Waals surface area contributed by atoms with Crippen LogP contribution in [-0.4, -0.2) is 40.5 Å². The smallest absolute Gasteiger partial charge is 0.322 e. The second-order valence-electron chi connectivity index (χ2n) is 6.26. The highest BCUT2D eigenvalue weighted by Gasteiger charge is 2.48. The molecule has 22 heavy (non-hydrogen) atoms. The number of nitrogens with one attached hydrogen (secondary N) is 2. The molecule has 0 spiro atoms. The Labute approximate surface area is 129 Å². The lowest BCUT2D eigenvalue weighted by molar-refractivity contribution is -0.126. The zero-order valence-electron chi connectivity index (χ0n) is 13.0. The molecule has 3 heterocycles. The Morgan fingerprint density at radius 1 is 1.50 bits per heavy atom. The first-order valence-corrected chi connectivity index (χ1v) is 7.81. The first kappa shape index (κ1) is 15.0. The van der Waals surface area contributed by atoms with E-state index in [1.807, 2.05) is 13.8 Å². The fourth-order valence-electron chi connectivity index (χ4n) is 3.29. The second kappa shape index (κ2) is 5.72. The third-order valence-corrected chi connectivity index (χ3v) is 4.70. The third kappa shape index (κ3) is 2.72. The number of urea groups is 1. The van der Waals surface area contributed by atoms with Gasteiger partial charge in [0.2, 0.25) is 5.89 Å². The molecule has 0 saturated carbocycles. The number of aryl methyl sites for hydroxylation is 1. The van der Waals surface area contributed by atoms with Gasteiger partial charge in [-0.2, -0.15) is 0 Å². The van der Waals surface area contributed by atoms with Gasteiger partial charge in [-0.05, 0) is 26.3 Å². The van der Waals surface area contributed by atoms with E-state index in [4.69, 9.17) is 4.42 Å². The molecule has 1 aromatic rings. The minimum absolute atomic E-state index is 0.0910. The fourth-order valence-corrected chi connectivity index (χ4v) is 3.29. The van der Waals surface area contributed by atoms with Gasteiger partial charge in [0.05, 0.1) is 12.7 Å². The van der Waals surface area contributed by atoms with E-state index in [0.717, 1.165) is 38.1 Å². The van der Waals surface area contributed by atoms with E-state index >= 15 is 0 Å². The second-order valence-corrected chi connectivity index (χ2v) is 6.26. The first-order valence-electron chi connectivity index (χ1n) is 7.81. The van der Waals surface area contributed by atoms with E-state index in [1.54, 1.807) is 6.20 Å². The Morgan fingerprint density at radius 3 is 2.95 bits per heavy atom.